The molecule has 1 aliphatic heterocycles. The van der Waals surface area contributed by atoms with Crippen molar-refractivity contribution < 1.29 is 13.2 Å². The summed E-state index contributed by atoms with van der Waals surface area (Å²) in [5.41, 5.74) is 5.73. The van der Waals surface area contributed by atoms with Crippen LogP contribution in [0.1, 0.15) is 5.56 Å². The maximum absolute atomic E-state index is 12.4. The molecule has 0 amide bonds. The average Bonchev–Trinajstić information content (AvgIpc) is 2.12. The van der Waals surface area contributed by atoms with E-state index in [0.29, 0.717) is 17.6 Å². The lowest BCUT2D eigenvalue weighted by molar-refractivity contribution is -0.137. The van der Waals surface area contributed by atoms with Crippen LogP contribution in [0.4, 0.5) is 18.9 Å². The van der Waals surface area contributed by atoms with Crippen LogP contribution in [0.3, 0.4) is 0 Å². The Bertz CT molecular complexity index is 400. The molecule has 0 radical (unpaired) electrons. The van der Waals surface area contributed by atoms with Crippen molar-refractivity contribution in [3.05, 3.63) is 28.2 Å². The van der Waals surface area contributed by atoms with Crippen LogP contribution in [0, 0.1) is 0 Å². The van der Waals surface area contributed by atoms with Crippen molar-refractivity contribution in [1.82, 2.24) is 0 Å². The maximum atomic E-state index is 12.4. The van der Waals surface area contributed by atoms with Gasteiger partial charge in [0.15, 0.2) is 0 Å². The molecule has 2 N–H and O–H groups in total. The van der Waals surface area contributed by atoms with Crippen molar-refractivity contribution in [3.8, 4) is 0 Å². The molecule has 0 aliphatic carbocycles. The normalized spacial score (nSPS) is 17.4. The van der Waals surface area contributed by atoms with Gasteiger partial charge < -0.3 is 10.6 Å². The first-order valence-electron chi connectivity index (χ1n) is 4.75. The highest BCUT2D eigenvalue weighted by Crippen LogP contribution is 2.36. The Balaban J connectivity index is 2.24. The molecule has 6 heteroatoms. The zero-order valence-corrected chi connectivity index (χ0v) is 9.85. The third-order valence-corrected chi connectivity index (χ3v) is 3.16. The lowest BCUT2D eigenvalue weighted by Crippen LogP contribution is -2.56. The maximum Gasteiger partial charge on any atom is 0.416 e. The van der Waals surface area contributed by atoms with E-state index < -0.39 is 11.7 Å². The van der Waals surface area contributed by atoms with E-state index in [4.69, 9.17) is 5.73 Å². The number of anilines is 1. The topological polar surface area (TPSA) is 29.3 Å². The lowest BCUT2D eigenvalue weighted by atomic mass is 10.1. The second kappa shape index (κ2) is 3.92. The van der Waals surface area contributed by atoms with E-state index in [0.717, 1.165) is 17.8 Å². The highest BCUT2D eigenvalue weighted by atomic mass is 79.9. The van der Waals surface area contributed by atoms with Gasteiger partial charge in [0.1, 0.15) is 0 Å². The first-order valence-corrected chi connectivity index (χ1v) is 5.54. The van der Waals surface area contributed by atoms with E-state index in [2.05, 4.69) is 15.9 Å². The number of alkyl halides is 3. The number of benzene rings is 1. The summed E-state index contributed by atoms with van der Waals surface area (Å²) in [4.78, 5) is 1.94. The molecule has 2 rings (SSSR count). The molecule has 1 fully saturated rings. The molecule has 0 spiro atoms. The molecule has 1 aliphatic rings. The van der Waals surface area contributed by atoms with E-state index in [1.807, 2.05) is 4.90 Å². The highest BCUT2D eigenvalue weighted by Gasteiger charge is 2.32. The van der Waals surface area contributed by atoms with Gasteiger partial charge in [-0.2, -0.15) is 13.2 Å². The average molecular weight is 295 g/mol. The molecule has 16 heavy (non-hydrogen) atoms. The number of rotatable bonds is 1. The van der Waals surface area contributed by atoms with Crippen LogP contribution < -0.4 is 10.6 Å². The van der Waals surface area contributed by atoms with E-state index in [1.54, 1.807) is 0 Å². The summed E-state index contributed by atoms with van der Waals surface area (Å²) in [6.07, 6.45) is -4.30. The van der Waals surface area contributed by atoms with Gasteiger partial charge >= 0.3 is 6.18 Å². The fourth-order valence-corrected chi connectivity index (χ4v) is 2.28. The number of hydrogen-bond acceptors (Lipinski definition) is 2. The van der Waals surface area contributed by atoms with Gasteiger partial charge in [0.05, 0.1) is 11.3 Å². The van der Waals surface area contributed by atoms with Crippen molar-refractivity contribution in [2.24, 2.45) is 5.73 Å². The van der Waals surface area contributed by atoms with Crippen LogP contribution in [0.15, 0.2) is 22.7 Å². The van der Waals surface area contributed by atoms with Gasteiger partial charge in [-0.1, -0.05) is 0 Å². The SMILES string of the molecule is NC1CN(c2ccc(C(F)(F)F)cc2Br)C1. The second-order valence-corrected chi connectivity index (χ2v) is 4.68. The Hall–Kier alpha value is -0.750. The summed E-state index contributed by atoms with van der Waals surface area (Å²) in [7, 11) is 0. The minimum absolute atomic E-state index is 0.120. The Labute approximate surface area is 99.3 Å². The van der Waals surface area contributed by atoms with E-state index in [-0.39, 0.29) is 6.04 Å². The Morgan fingerprint density at radius 2 is 1.94 bits per heavy atom. The summed E-state index contributed by atoms with van der Waals surface area (Å²) in [6.45, 7) is 1.37. The fraction of sp³-hybridized carbons (Fsp3) is 0.400. The summed E-state index contributed by atoms with van der Waals surface area (Å²) >= 11 is 3.15. The van der Waals surface area contributed by atoms with Crippen molar-refractivity contribution in [1.29, 1.82) is 0 Å². The van der Waals surface area contributed by atoms with Crippen molar-refractivity contribution >= 4 is 21.6 Å². The van der Waals surface area contributed by atoms with Crippen LogP contribution in [-0.4, -0.2) is 19.1 Å². The van der Waals surface area contributed by atoms with Crippen molar-refractivity contribution in [3.63, 3.8) is 0 Å². The Morgan fingerprint density at radius 3 is 2.38 bits per heavy atom. The summed E-state index contributed by atoms with van der Waals surface area (Å²) in [6, 6.07) is 3.77. The predicted molar refractivity (Wildman–Crippen MR) is 59.3 cm³/mol. The minimum Gasteiger partial charge on any atom is -0.367 e. The summed E-state index contributed by atoms with van der Waals surface area (Å²) in [5, 5.41) is 0. The van der Waals surface area contributed by atoms with Crippen LogP contribution in [0.25, 0.3) is 0 Å². The van der Waals surface area contributed by atoms with E-state index in [9.17, 15) is 13.2 Å². The Kier molecular flexibility index (Phi) is 2.88. The van der Waals surface area contributed by atoms with Gasteiger partial charge in [0.2, 0.25) is 0 Å². The number of halogens is 4. The molecule has 0 aromatic heterocycles. The van der Waals surface area contributed by atoms with Gasteiger partial charge in [-0.3, -0.25) is 0 Å². The van der Waals surface area contributed by atoms with Crippen molar-refractivity contribution in [2.45, 2.75) is 12.2 Å². The molecule has 0 saturated carbocycles. The van der Waals surface area contributed by atoms with Crippen molar-refractivity contribution in [2.75, 3.05) is 18.0 Å². The second-order valence-electron chi connectivity index (χ2n) is 3.83. The van der Waals surface area contributed by atoms with Crippen LogP contribution in [0.5, 0.6) is 0 Å². The third-order valence-electron chi connectivity index (χ3n) is 2.53. The van der Waals surface area contributed by atoms with Gasteiger partial charge in [-0.15, -0.1) is 0 Å². The molecule has 0 unspecified atom stereocenters. The van der Waals surface area contributed by atoms with Gasteiger partial charge in [0.25, 0.3) is 0 Å². The Morgan fingerprint density at radius 1 is 1.31 bits per heavy atom. The summed E-state index contributed by atoms with van der Waals surface area (Å²) in [5.74, 6) is 0. The standard InChI is InChI=1S/C10H10BrF3N2/c11-8-3-6(10(12,13)14)1-2-9(8)16-4-7(15)5-16/h1-3,7H,4-5,15H2. The first-order chi connectivity index (χ1) is 7.38. The zero-order valence-electron chi connectivity index (χ0n) is 8.26. The molecular formula is C10H10BrF3N2. The van der Waals surface area contributed by atoms with Crippen LogP contribution in [0.2, 0.25) is 0 Å². The third kappa shape index (κ3) is 2.17. The van der Waals surface area contributed by atoms with E-state index >= 15 is 0 Å². The zero-order chi connectivity index (χ0) is 11.9. The smallest absolute Gasteiger partial charge is 0.367 e. The predicted octanol–water partition coefficient (Wildman–Crippen LogP) is 2.62. The number of nitrogens with two attached hydrogens (primary N) is 1. The molecular weight excluding hydrogens is 285 g/mol. The molecule has 0 atom stereocenters. The molecule has 1 saturated heterocycles. The molecule has 1 aromatic carbocycles. The lowest BCUT2D eigenvalue weighted by Gasteiger charge is -2.39. The van der Waals surface area contributed by atoms with Gasteiger partial charge in [-0.25, -0.2) is 0 Å². The van der Waals surface area contributed by atoms with Gasteiger partial charge in [0, 0.05) is 23.6 Å². The summed E-state index contributed by atoms with van der Waals surface area (Å²) < 4.78 is 37.7. The molecule has 0 bridgehead atoms. The molecule has 88 valence electrons. The largest absolute Gasteiger partial charge is 0.416 e. The van der Waals surface area contributed by atoms with Crippen LogP contribution in [-0.2, 0) is 6.18 Å². The highest BCUT2D eigenvalue weighted by molar-refractivity contribution is 9.10. The quantitative estimate of drug-likeness (QED) is 0.863. The van der Waals surface area contributed by atoms with Gasteiger partial charge in [-0.05, 0) is 34.1 Å². The molecule has 1 heterocycles. The van der Waals surface area contributed by atoms with E-state index in [1.165, 1.54) is 6.07 Å². The van der Waals surface area contributed by atoms with Crippen LogP contribution >= 0.6 is 15.9 Å². The minimum atomic E-state index is -4.30. The number of hydrogen-bond donors (Lipinski definition) is 1. The molecule has 2 nitrogen and oxygen atoms in total. The first kappa shape index (κ1) is 11.7. The molecule has 1 aromatic rings. The number of nitrogens with zero attached hydrogens (tertiary/aromatic N) is 1. The fourth-order valence-electron chi connectivity index (χ4n) is 1.65. The monoisotopic (exact) mass is 294 g/mol.